The van der Waals surface area contributed by atoms with Gasteiger partial charge in [-0.15, -0.1) is 0 Å². The quantitative estimate of drug-likeness (QED) is 0.887. The lowest BCUT2D eigenvalue weighted by Crippen LogP contribution is -2.18. The van der Waals surface area contributed by atoms with Crippen molar-refractivity contribution in [1.29, 1.82) is 0 Å². The van der Waals surface area contributed by atoms with Crippen LogP contribution >= 0.6 is 0 Å². The monoisotopic (exact) mass is 240 g/mol. The largest absolute Gasteiger partial charge is 0.309 e. The lowest BCUT2D eigenvalue weighted by molar-refractivity contribution is 0.687. The van der Waals surface area contributed by atoms with Crippen LogP contribution in [0.5, 0.6) is 0 Å². The summed E-state index contributed by atoms with van der Waals surface area (Å²) in [6, 6.07) is 11.1. The zero-order valence-electron chi connectivity index (χ0n) is 11.3. The Kier molecular flexibility index (Phi) is 4.11. The number of nitrogens with zero attached hydrogens (tertiary/aromatic N) is 1. The molecule has 2 heteroatoms. The molecule has 0 aliphatic carbocycles. The van der Waals surface area contributed by atoms with E-state index in [0.29, 0.717) is 0 Å². The van der Waals surface area contributed by atoms with Gasteiger partial charge in [0.15, 0.2) is 0 Å². The summed E-state index contributed by atoms with van der Waals surface area (Å²) in [6.45, 7) is 4.26. The topological polar surface area (TPSA) is 24.9 Å². The van der Waals surface area contributed by atoms with E-state index in [9.17, 15) is 0 Å². The summed E-state index contributed by atoms with van der Waals surface area (Å²) >= 11 is 0. The number of pyridine rings is 1. The van der Waals surface area contributed by atoms with E-state index >= 15 is 0 Å². The zero-order chi connectivity index (χ0) is 13.0. The number of nitrogens with one attached hydrogen (secondary N) is 1. The van der Waals surface area contributed by atoms with Gasteiger partial charge in [0.2, 0.25) is 0 Å². The summed E-state index contributed by atoms with van der Waals surface area (Å²) < 4.78 is 0. The van der Waals surface area contributed by atoms with Crippen LogP contribution in [0, 0.1) is 6.92 Å². The van der Waals surface area contributed by atoms with Crippen molar-refractivity contribution in [3.63, 3.8) is 0 Å². The van der Waals surface area contributed by atoms with E-state index in [4.69, 9.17) is 0 Å². The first-order valence-corrected chi connectivity index (χ1v) is 6.42. The molecule has 18 heavy (non-hydrogen) atoms. The van der Waals surface area contributed by atoms with E-state index in [2.05, 4.69) is 54.5 Å². The fourth-order valence-corrected chi connectivity index (χ4v) is 2.25. The highest BCUT2D eigenvalue weighted by molar-refractivity contribution is 5.34. The van der Waals surface area contributed by atoms with Gasteiger partial charge in [-0.2, -0.15) is 0 Å². The molecule has 2 aromatic rings. The third kappa shape index (κ3) is 2.77. The van der Waals surface area contributed by atoms with Crippen molar-refractivity contribution < 1.29 is 0 Å². The van der Waals surface area contributed by atoms with Crippen LogP contribution in [0.4, 0.5) is 0 Å². The molecule has 0 saturated heterocycles. The maximum absolute atomic E-state index is 4.28. The Morgan fingerprint density at radius 2 is 2.00 bits per heavy atom. The molecule has 0 spiro atoms. The summed E-state index contributed by atoms with van der Waals surface area (Å²) in [7, 11) is 1.99. The van der Waals surface area contributed by atoms with Crippen molar-refractivity contribution in [3.05, 3.63) is 65.0 Å². The number of aromatic nitrogens is 1. The highest BCUT2D eigenvalue weighted by atomic mass is 14.9. The average Bonchev–Trinajstić information content (AvgIpc) is 2.40. The summed E-state index contributed by atoms with van der Waals surface area (Å²) in [4.78, 5) is 4.28. The molecule has 0 radical (unpaired) electrons. The average molecular weight is 240 g/mol. The number of aryl methyl sites for hydroxylation is 2. The zero-order valence-corrected chi connectivity index (χ0v) is 11.3. The standard InChI is InChI=1S/C16H20N2/c1-4-13-6-5-7-14(9-13)16(17-3)15-8-12(2)10-18-11-15/h5-11,16-17H,4H2,1-3H3. The van der Waals surface area contributed by atoms with Gasteiger partial charge in [0, 0.05) is 12.4 Å². The van der Waals surface area contributed by atoms with Gasteiger partial charge in [-0.1, -0.05) is 37.3 Å². The summed E-state index contributed by atoms with van der Waals surface area (Å²) in [5, 5.41) is 3.37. The van der Waals surface area contributed by atoms with Gasteiger partial charge < -0.3 is 5.32 Å². The maximum Gasteiger partial charge on any atom is 0.0589 e. The molecule has 1 unspecified atom stereocenters. The molecule has 94 valence electrons. The predicted molar refractivity (Wildman–Crippen MR) is 75.7 cm³/mol. The first-order valence-electron chi connectivity index (χ1n) is 6.42. The molecule has 0 bridgehead atoms. The van der Waals surface area contributed by atoms with E-state index in [-0.39, 0.29) is 6.04 Å². The SMILES string of the molecule is CCc1cccc(C(NC)c2cncc(C)c2)c1. The second-order valence-electron chi connectivity index (χ2n) is 4.62. The van der Waals surface area contributed by atoms with E-state index in [1.807, 2.05) is 19.4 Å². The molecule has 0 amide bonds. The van der Waals surface area contributed by atoms with Gasteiger partial charge in [0.05, 0.1) is 6.04 Å². The normalized spacial score (nSPS) is 12.4. The number of hydrogen-bond donors (Lipinski definition) is 1. The molecule has 1 aromatic heterocycles. The third-order valence-electron chi connectivity index (χ3n) is 3.21. The maximum atomic E-state index is 4.28. The van der Waals surface area contributed by atoms with Crippen molar-refractivity contribution in [2.45, 2.75) is 26.3 Å². The number of rotatable bonds is 4. The predicted octanol–water partition coefficient (Wildman–Crippen LogP) is 3.26. The van der Waals surface area contributed by atoms with Crippen LogP contribution in [0.2, 0.25) is 0 Å². The number of benzene rings is 1. The van der Waals surface area contributed by atoms with Crippen LogP contribution in [0.1, 0.15) is 35.2 Å². The molecular formula is C16H20N2. The fourth-order valence-electron chi connectivity index (χ4n) is 2.25. The van der Waals surface area contributed by atoms with Gasteiger partial charge in [-0.05, 0) is 42.6 Å². The molecule has 2 nitrogen and oxygen atoms in total. The Balaban J connectivity index is 2.38. The molecular weight excluding hydrogens is 220 g/mol. The van der Waals surface area contributed by atoms with Crippen LogP contribution in [-0.4, -0.2) is 12.0 Å². The summed E-state index contributed by atoms with van der Waals surface area (Å²) in [6.07, 6.45) is 4.89. The molecule has 0 aliphatic heterocycles. The van der Waals surface area contributed by atoms with Crippen LogP contribution in [0.15, 0.2) is 42.7 Å². The lowest BCUT2D eigenvalue weighted by atomic mass is 9.97. The van der Waals surface area contributed by atoms with Crippen LogP contribution in [0.25, 0.3) is 0 Å². The van der Waals surface area contributed by atoms with Gasteiger partial charge in [0.1, 0.15) is 0 Å². The molecule has 1 atom stereocenters. The molecule has 0 saturated carbocycles. The summed E-state index contributed by atoms with van der Waals surface area (Å²) in [5.74, 6) is 0. The highest BCUT2D eigenvalue weighted by Gasteiger charge is 2.12. The van der Waals surface area contributed by atoms with Crippen molar-refractivity contribution in [2.24, 2.45) is 0 Å². The smallest absolute Gasteiger partial charge is 0.0589 e. The summed E-state index contributed by atoms with van der Waals surface area (Å²) in [5.41, 5.74) is 5.07. The molecule has 1 N–H and O–H groups in total. The van der Waals surface area contributed by atoms with Crippen molar-refractivity contribution in [3.8, 4) is 0 Å². The van der Waals surface area contributed by atoms with Gasteiger partial charge in [-0.3, -0.25) is 4.98 Å². The van der Waals surface area contributed by atoms with Gasteiger partial charge in [-0.25, -0.2) is 0 Å². The van der Waals surface area contributed by atoms with Gasteiger partial charge >= 0.3 is 0 Å². The van der Waals surface area contributed by atoms with Crippen molar-refractivity contribution in [2.75, 3.05) is 7.05 Å². The van der Waals surface area contributed by atoms with E-state index in [1.165, 1.54) is 22.3 Å². The Morgan fingerprint density at radius 3 is 2.67 bits per heavy atom. The van der Waals surface area contributed by atoms with Crippen LogP contribution < -0.4 is 5.32 Å². The first kappa shape index (κ1) is 12.8. The van der Waals surface area contributed by atoms with Crippen LogP contribution in [0.3, 0.4) is 0 Å². The Bertz CT molecular complexity index is 520. The Hall–Kier alpha value is -1.67. The van der Waals surface area contributed by atoms with Crippen LogP contribution in [-0.2, 0) is 6.42 Å². The number of hydrogen-bond acceptors (Lipinski definition) is 2. The molecule has 1 aromatic carbocycles. The van der Waals surface area contributed by atoms with E-state index in [1.54, 1.807) is 0 Å². The molecule has 2 rings (SSSR count). The Morgan fingerprint density at radius 1 is 1.17 bits per heavy atom. The van der Waals surface area contributed by atoms with Gasteiger partial charge in [0.25, 0.3) is 0 Å². The Labute approximate surface area is 109 Å². The minimum atomic E-state index is 0.212. The molecule has 0 aliphatic rings. The second kappa shape index (κ2) is 5.78. The van der Waals surface area contributed by atoms with E-state index < -0.39 is 0 Å². The minimum Gasteiger partial charge on any atom is -0.309 e. The third-order valence-corrected chi connectivity index (χ3v) is 3.21. The van der Waals surface area contributed by atoms with Crippen molar-refractivity contribution in [1.82, 2.24) is 10.3 Å². The lowest BCUT2D eigenvalue weighted by Gasteiger charge is -2.18. The molecule has 1 heterocycles. The van der Waals surface area contributed by atoms with E-state index in [0.717, 1.165) is 6.42 Å². The highest BCUT2D eigenvalue weighted by Crippen LogP contribution is 2.22. The molecule has 0 fully saturated rings. The minimum absolute atomic E-state index is 0.212. The second-order valence-corrected chi connectivity index (χ2v) is 4.62. The first-order chi connectivity index (χ1) is 8.74. The fraction of sp³-hybridized carbons (Fsp3) is 0.312. The van der Waals surface area contributed by atoms with Crippen molar-refractivity contribution >= 4 is 0 Å².